The largest absolute Gasteiger partial charge is 0.480 e. The molecule has 0 saturated carbocycles. The van der Waals surface area contributed by atoms with Crippen molar-refractivity contribution in [3.63, 3.8) is 0 Å². The summed E-state index contributed by atoms with van der Waals surface area (Å²) in [5.74, 6) is -2.20. The molecule has 0 aliphatic heterocycles. The molecule has 3 unspecified atom stereocenters. The molecule has 7 N–H and O–H groups in total. The molecule has 0 aliphatic rings. The predicted molar refractivity (Wildman–Crippen MR) is 109 cm³/mol. The highest BCUT2D eigenvalue weighted by molar-refractivity contribution is 6.10. The van der Waals surface area contributed by atoms with Crippen LogP contribution in [0.5, 0.6) is 0 Å². The number of ketones is 1. The molecule has 1 aromatic rings. The smallest absolute Gasteiger partial charge is 0.326 e. The quantitative estimate of drug-likeness (QED) is 0.325. The molecular weight excluding hydrogens is 360 g/mol. The fourth-order valence-corrected chi connectivity index (χ4v) is 2.88. The number of nitrogens with zero attached hydrogens (tertiary/aromatic N) is 1. The minimum atomic E-state index is -1.17. The van der Waals surface area contributed by atoms with E-state index in [9.17, 15) is 19.5 Å². The summed E-state index contributed by atoms with van der Waals surface area (Å²) >= 11 is 0. The standard InChI is InChI=1S/C20H32N4O4/c1-12(2)17(23)18(25)14-8-4-5-9-15(14)24(19(26)13(3)22)16(20(27)28)10-6-7-11-21/h4-5,8-9,12-13,16-17H,6-7,10-11,21-23H2,1-3H3,(H,27,28). The summed E-state index contributed by atoms with van der Waals surface area (Å²) in [6, 6.07) is 3.55. The first kappa shape index (κ1) is 23.7. The lowest BCUT2D eigenvalue weighted by Crippen LogP contribution is -2.52. The third-order valence-electron chi connectivity index (χ3n) is 4.61. The van der Waals surface area contributed by atoms with E-state index in [2.05, 4.69) is 0 Å². The van der Waals surface area contributed by atoms with Crippen molar-refractivity contribution in [2.75, 3.05) is 11.4 Å². The zero-order valence-corrected chi connectivity index (χ0v) is 16.8. The number of Topliss-reactive ketones (excluding diaryl/α,β-unsaturated/α-hetero) is 1. The second-order valence-corrected chi connectivity index (χ2v) is 7.29. The van der Waals surface area contributed by atoms with Crippen molar-refractivity contribution >= 4 is 23.3 Å². The van der Waals surface area contributed by atoms with Gasteiger partial charge in [-0.2, -0.15) is 0 Å². The third kappa shape index (κ3) is 5.85. The molecule has 0 fully saturated rings. The molecule has 0 saturated heterocycles. The first-order valence-corrected chi connectivity index (χ1v) is 9.53. The lowest BCUT2D eigenvalue weighted by molar-refractivity contribution is -0.140. The molecule has 0 radical (unpaired) electrons. The van der Waals surface area contributed by atoms with Crippen LogP contribution in [0.15, 0.2) is 24.3 Å². The molecule has 3 atom stereocenters. The number of nitrogens with two attached hydrogens (primary N) is 3. The van der Waals surface area contributed by atoms with Crippen LogP contribution >= 0.6 is 0 Å². The normalized spacial score (nSPS) is 14.4. The highest BCUT2D eigenvalue weighted by Crippen LogP contribution is 2.27. The number of anilines is 1. The monoisotopic (exact) mass is 392 g/mol. The Labute approximate surface area is 166 Å². The molecule has 0 aliphatic carbocycles. The number of amides is 1. The van der Waals surface area contributed by atoms with Crippen LogP contribution < -0.4 is 22.1 Å². The van der Waals surface area contributed by atoms with Gasteiger partial charge in [-0.05, 0) is 50.8 Å². The van der Waals surface area contributed by atoms with Gasteiger partial charge in [-0.25, -0.2) is 4.79 Å². The summed E-state index contributed by atoms with van der Waals surface area (Å²) in [4.78, 5) is 38.9. The molecule has 8 heteroatoms. The predicted octanol–water partition coefficient (Wildman–Crippen LogP) is 1.12. The number of para-hydroxylation sites is 1. The van der Waals surface area contributed by atoms with Crippen LogP contribution in [0, 0.1) is 5.92 Å². The van der Waals surface area contributed by atoms with Crippen LogP contribution in [-0.4, -0.2) is 47.4 Å². The van der Waals surface area contributed by atoms with Gasteiger partial charge in [-0.15, -0.1) is 0 Å². The van der Waals surface area contributed by atoms with Crippen LogP contribution in [0.25, 0.3) is 0 Å². The molecule has 8 nitrogen and oxygen atoms in total. The van der Waals surface area contributed by atoms with Gasteiger partial charge < -0.3 is 22.3 Å². The van der Waals surface area contributed by atoms with Crippen LogP contribution in [0.1, 0.15) is 50.4 Å². The minimum absolute atomic E-state index is 0.113. The van der Waals surface area contributed by atoms with Crippen molar-refractivity contribution < 1.29 is 19.5 Å². The summed E-state index contributed by atoms with van der Waals surface area (Å²) in [5, 5.41) is 9.79. The number of hydrogen-bond acceptors (Lipinski definition) is 6. The Morgan fingerprint density at radius 3 is 2.18 bits per heavy atom. The van der Waals surface area contributed by atoms with Crippen molar-refractivity contribution in [3.8, 4) is 0 Å². The van der Waals surface area contributed by atoms with Gasteiger partial charge in [0.15, 0.2) is 5.78 Å². The highest BCUT2D eigenvalue weighted by Gasteiger charge is 2.35. The second kappa shape index (κ2) is 10.9. The SMILES string of the molecule is CC(N)C(=O)N(c1ccccc1C(=O)C(N)C(C)C)C(CCCCN)C(=O)O. The molecule has 1 aromatic carbocycles. The lowest BCUT2D eigenvalue weighted by Gasteiger charge is -2.32. The zero-order valence-electron chi connectivity index (χ0n) is 16.8. The number of unbranched alkanes of at least 4 members (excludes halogenated alkanes) is 1. The van der Waals surface area contributed by atoms with Crippen LogP contribution in [0.3, 0.4) is 0 Å². The molecule has 0 spiro atoms. The van der Waals surface area contributed by atoms with Crippen LogP contribution in [0.2, 0.25) is 0 Å². The molecule has 0 heterocycles. The van der Waals surface area contributed by atoms with E-state index < -0.39 is 30.0 Å². The molecule has 1 rings (SSSR count). The average Bonchev–Trinajstić information content (AvgIpc) is 2.65. The van der Waals surface area contributed by atoms with Gasteiger partial charge in [-0.3, -0.25) is 14.5 Å². The van der Waals surface area contributed by atoms with Crippen LogP contribution in [-0.2, 0) is 9.59 Å². The summed E-state index contributed by atoms with van der Waals surface area (Å²) in [6.07, 6.45) is 1.35. The summed E-state index contributed by atoms with van der Waals surface area (Å²) in [5.41, 5.74) is 17.7. The van der Waals surface area contributed by atoms with Crippen LogP contribution in [0.4, 0.5) is 5.69 Å². The maximum Gasteiger partial charge on any atom is 0.326 e. The molecule has 1 amide bonds. The minimum Gasteiger partial charge on any atom is -0.480 e. The highest BCUT2D eigenvalue weighted by atomic mass is 16.4. The number of benzene rings is 1. The van der Waals surface area contributed by atoms with E-state index in [0.717, 1.165) is 4.90 Å². The second-order valence-electron chi connectivity index (χ2n) is 7.29. The number of carboxylic acids is 1. The van der Waals surface area contributed by atoms with E-state index in [1.165, 1.54) is 6.92 Å². The molecule has 28 heavy (non-hydrogen) atoms. The van der Waals surface area contributed by atoms with E-state index in [4.69, 9.17) is 17.2 Å². The van der Waals surface area contributed by atoms with Gasteiger partial charge in [0, 0.05) is 5.56 Å². The fraction of sp³-hybridized carbons (Fsp3) is 0.550. The van der Waals surface area contributed by atoms with E-state index in [1.807, 2.05) is 13.8 Å². The number of hydrogen-bond donors (Lipinski definition) is 4. The van der Waals surface area contributed by atoms with Crippen molar-refractivity contribution in [1.82, 2.24) is 0 Å². The fourth-order valence-electron chi connectivity index (χ4n) is 2.88. The van der Waals surface area contributed by atoms with E-state index in [1.54, 1.807) is 24.3 Å². The van der Waals surface area contributed by atoms with Crippen molar-refractivity contribution in [1.29, 1.82) is 0 Å². The summed E-state index contributed by atoms with van der Waals surface area (Å²) in [7, 11) is 0. The summed E-state index contributed by atoms with van der Waals surface area (Å²) < 4.78 is 0. The van der Waals surface area contributed by atoms with Gasteiger partial charge in [0.2, 0.25) is 5.91 Å². The Bertz CT molecular complexity index is 691. The summed E-state index contributed by atoms with van der Waals surface area (Å²) in [6.45, 7) is 5.55. The molecular formula is C20H32N4O4. The molecule has 156 valence electrons. The van der Waals surface area contributed by atoms with Crippen molar-refractivity contribution in [2.24, 2.45) is 23.1 Å². The Kier molecular flexibility index (Phi) is 9.24. The Hall–Kier alpha value is -2.29. The maximum atomic E-state index is 12.9. The Morgan fingerprint density at radius 2 is 1.68 bits per heavy atom. The number of carbonyl (C=O) groups is 3. The van der Waals surface area contributed by atoms with E-state index in [0.29, 0.717) is 19.4 Å². The van der Waals surface area contributed by atoms with Crippen molar-refractivity contribution in [2.45, 2.75) is 58.2 Å². The van der Waals surface area contributed by atoms with E-state index in [-0.39, 0.29) is 29.4 Å². The van der Waals surface area contributed by atoms with Gasteiger partial charge in [0.25, 0.3) is 0 Å². The van der Waals surface area contributed by atoms with Gasteiger partial charge in [0.05, 0.1) is 17.8 Å². The Balaban J connectivity index is 3.49. The van der Waals surface area contributed by atoms with E-state index >= 15 is 0 Å². The Morgan fingerprint density at radius 1 is 1.07 bits per heavy atom. The topological polar surface area (TPSA) is 153 Å². The molecule has 0 aromatic heterocycles. The zero-order chi connectivity index (χ0) is 21.4. The number of rotatable bonds is 11. The third-order valence-corrected chi connectivity index (χ3v) is 4.61. The number of carboxylic acid groups (broad SMARTS) is 1. The average molecular weight is 393 g/mol. The van der Waals surface area contributed by atoms with Gasteiger partial charge >= 0.3 is 5.97 Å². The lowest BCUT2D eigenvalue weighted by atomic mass is 9.93. The maximum absolute atomic E-state index is 12.9. The number of carbonyl (C=O) groups excluding carboxylic acids is 2. The first-order valence-electron chi connectivity index (χ1n) is 9.53. The van der Waals surface area contributed by atoms with Gasteiger partial charge in [0.1, 0.15) is 6.04 Å². The number of aliphatic carboxylic acids is 1. The van der Waals surface area contributed by atoms with Crippen molar-refractivity contribution in [3.05, 3.63) is 29.8 Å². The van der Waals surface area contributed by atoms with Gasteiger partial charge in [-0.1, -0.05) is 26.0 Å². The first-order chi connectivity index (χ1) is 13.1. The molecule has 0 bridgehead atoms.